The van der Waals surface area contributed by atoms with Crippen LogP contribution in [-0.2, 0) is 5.41 Å². The van der Waals surface area contributed by atoms with E-state index in [1.165, 1.54) is 6.07 Å². The highest BCUT2D eigenvalue weighted by atomic mass is 19.1. The van der Waals surface area contributed by atoms with E-state index in [9.17, 15) is 8.78 Å². The molecule has 0 bridgehead atoms. The van der Waals surface area contributed by atoms with E-state index in [1.807, 2.05) is 13.8 Å². The monoisotopic (exact) mass is 199 g/mol. The van der Waals surface area contributed by atoms with Gasteiger partial charge >= 0.3 is 0 Å². The van der Waals surface area contributed by atoms with Gasteiger partial charge < -0.3 is 5.73 Å². The van der Waals surface area contributed by atoms with Crippen molar-refractivity contribution >= 4 is 0 Å². The maximum Gasteiger partial charge on any atom is 0.129 e. The van der Waals surface area contributed by atoms with Gasteiger partial charge in [-0.15, -0.1) is 0 Å². The highest BCUT2D eigenvalue weighted by Crippen LogP contribution is 2.26. The summed E-state index contributed by atoms with van der Waals surface area (Å²) in [6.45, 7) is 5.62. The van der Waals surface area contributed by atoms with E-state index in [0.29, 0.717) is 17.7 Å². The molecule has 14 heavy (non-hydrogen) atoms. The van der Waals surface area contributed by atoms with Crippen molar-refractivity contribution in [3.8, 4) is 0 Å². The van der Waals surface area contributed by atoms with Crippen molar-refractivity contribution in [2.24, 2.45) is 5.73 Å². The van der Waals surface area contributed by atoms with Gasteiger partial charge in [-0.1, -0.05) is 13.8 Å². The minimum atomic E-state index is -0.524. The molecule has 0 aromatic heterocycles. The van der Waals surface area contributed by atoms with Crippen molar-refractivity contribution < 1.29 is 8.78 Å². The summed E-state index contributed by atoms with van der Waals surface area (Å²) in [6, 6.07) is 2.44. The number of rotatable bonds is 2. The van der Waals surface area contributed by atoms with Crippen molar-refractivity contribution in [3.63, 3.8) is 0 Å². The van der Waals surface area contributed by atoms with Crippen LogP contribution in [0.3, 0.4) is 0 Å². The van der Waals surface area contributed by atoms with Crippen molar-refractivity contribution in [2.45, 2.75) is 26.2 Å². The minimum Gasteiger partial charge on any atom is -0.330 e. The van der Waals surface area contributed by atoms with Crippen LogP contribution >= 0.6 is 0 Å². The summed E-state index contributed by atoms with van der Waals surface area (Å²) in [5.41, 5.74) is 6.00. The summed E-state index contributed by atoms with van der Waals surface area (Å²) in [5, 5.41) is 0. The van der Waals surface area contributed by atoms with Crippen molar-refractivity contribution in [3.05, 3.63) is 34.9 Å². The van der Waals surface area contributed by atoms with Gasteiger partial charge in [-0.25, -0.2) is 8.78 Å². The predicted octanol–water partition coefficient (Wildman–Crippen LogP) is 2.51. The molecule has 2 N–H and O–H groups in total. The molecule has 0 amide bonds. The second-order valence-corrected chi connectivity index (χ2v) is 4.17. The summed E-state index contributed by atoms with van der Waals surface area (Å²) < 4.78 is 26.4. The van der Waals surface area contributed by atoms with Crippen LogP contribution in [-0.4, -0.2) is 6.54 Å². The minimum absolute atomic E-state index is 0.328. The van der Waals surface area contributed by atoms with Crippen molar-refractivity contribution in [1.29, 1.82) is 0 Å². The fourth-order valence-corrected chi connectivity index (χ4v) is 1.29. The highest BCUT2D eigenvalue weighted by Gasteiger charge is 2.23. The molecule has 0 radical (unpaired) electrons. The Morgan fingerprint density at radius 2 is 1.79 bits per heavy atom. The predicted molar refractivity (Wildman–Crippen MR) is 53.2 cm³/mol. The number of aryl methyl sites for hydroxylation is 1. The van der Waals surface area contributed by atoms with E-state index in [2.05, 4.69) is 0 Å². The Balaban J connectivity index is 3.29. The average molecular weight is 199 g/mol. The molecule has 78 valence electrons. The van der Waals surface area contributed by atoms with Crippen LogP contribution < -0.4 is 5.73 Å². The summed E-state index contributed by atoms with van der Waals surface area (Å²) in [5.74, 6) is -1.04. The standard InChI is InChI=1S/C11H15F2N/c1-7-4-8(11(2,3)6-14)10(13)5-9(7)12/h4-5H,6,14H2,1-3H3. The fourth-order valence-electron chi connectivity index (χ4n) is 1.29. The Morgan fingerprint density at radius 1 is 1.21 bits per heavy atom. The molecule has 0 saturated heterocycles. The van der Waals surface area contributed by atoms with Gasteiger partial charge in [0.05, 0.1) is 0 Å². The average Bonchev–Trinajstić information content (AvgIpc) is 2.11. The van der Waals surface area contributed by atoms with Gasteiger partial charge in [-0.2, -0.15) is 0 Å². The molecule has 0 aliphatic carbocycles. The molecular formula is C11H15F2N. The second kappa shape index (κ2) is 3.65. The van der Waals surface area contributed by atoms with Crippen LogP contribution in [0.25, 0.3) is 0 Å². The van der Waals surface area contributed by atoms with E-state index >= 15 is 0 Å². The number of benzene rings is 1. The first-order valence-electron chi connectivity index (χ1n) is 4.54. The molecule has 0 aliphatic rings. The Bertz CT molecular complexity index is 345. The lowest BCUT2D eigenvalue weighted by Gasteiger charge is -2.24. The van der Waals surface area contributed by atoms with Gasteiger partial charge in [0.25, 0.3) is 0 Å². The molecule has 0 heterocycles. The van der Waals surface area contributed by atoms with Gasteiger partial charge in [0.15, 0.2) is 0 Å². The molecule has 0 unspecified atom stereocenters. The molecule has 3 heteroatoms. The molecular weight excluding hydrogens is 184 g/mol. The number of hydrogen-bond acceptors (Lipinski definition) is 1. The van der Waals surface area contributed by atoms with E-state index in [0.717, 1.165) is 6.07 Å². The van der Waals surface area contributed by atoms with Gasteiger partial charge in [0.2, 0.25) is 0 Å². The number of hydrogen-bond donors (Lipinski definition) is 1. The topological polar surface area (TPSA) is 26.0 Å². The zero-order valence-corrected chi connectivity index (χ0v) is 8.70. The van der Waals surface area contributed by atoms with Gasteiger partial charge in [0.1, 0.15) is 11.6 Å². The zero-order valence-electron chi connectivity index (χ0n) is 8.70. The van der Waals surface area contributed by atoms with Crippen LogP contribution in [0, 0.1) is 18.6 Å². The lowest BCUT2D eigenvalue weighted by atomic mass is 9.83. The first-order chi connectivity index (χ1) is 6.38. The van der Waals surface area contributed by atoms with Crippen LogP contribution in [0.5, 0.6) is 0 Å². The quantitative estimate of drug-likeness (QED) is 0.778. The molecule has 0 atom stereocenters. The van der Waals surface area contributed by atoms with Gasteiger partial charge in [-0.05, 0) is 24.1 Å². The molecule has 0 spiro atoms. The smallest absolute Gasteiger partial charge is 0.129 e. The molecule has 1 nitrogen and oxygen atoms in total. The number of nitrogens with two attached hydrogens (primary N) is 1. The SMILES string of the molecule is Cc1cc(C(C)(C)CN)c(F)cc1F. The third kappa shape index (κ3) is 1.93. The first kappa shape index (κ1) is 11.1. The Kier molecular flexibility index (Phi) is 2.90. The van der Waals surface area contributed by atoms with E-state index in [4.69, 9.17) is 5.73 Å². The summed E-state index contributed by atoms with van der Waals surface area (Å²) in [7, 11) is 0. The Morgan fingerprint density at radius 3 is 2.29 bits per heavy atom. The number of halogens is 2. The molecule has 0 fully saturated rings. The van der Waals surface area contributed by atoms with Crippen LogP contribution in [0.1, 0.15) is 25.0 Å². The lowest BCUT2D eigenvalue weighted by molar-refractivity contribution is 0.484. The van der Waals surface area contributed by atoms with Crippen LogP contribution in [0.2, 0.25) is 0 Å². The molecule has 0 saturated carbocycles. The van der Waals surface area contributed by atoms with Crippen molar-refractivity contribution in [1.82, 2.24) is 0 Å². The fraction of sp³-hybridized carbons (Fsp3) is 0.455. The third-order valence-corrected chi connectivity index (χ3v) is 2.49. The van der Waals surface area contributed by atoms with Gasteiger partial charge in [-0.3, -0.25) is 0 Å². The molecule has 1 aromatic carbocycles. The summed E-state index contributed by atoms with van der Waals surface area (Å²) in [4.78, 5) is 0. The Hall–Kier alpha value is -0.960. The maximum absolute atomic E-state index is 13.4. The van der Waals surface area contributed by atoms with Crippen LogP contribution in [0.4, 0.5) is 8.78 Å². The summed E-state index contributed by atoms with van der Waals surface area (Å²) >= 11 is 0. The first-order valence-corrected chi connectivity index (χ1v) is 4.54. The van der Waals surface area contributed by atoms with E-state index in [1.54, 1.807) is 6.92 Å². The third-order valence-electron chi connectivity index (χ3n) is 2.49. The normalized spacial score (nSPS) is 11.9. The van der Waals surface area contributed by atoms with E-state index in [-0.39, 0.29) is 0 Å². The maximum atomic E-state index is 13.4. The lowest BCUT2D eigenvalue weighted by Crippen LogP contribution is -2.29. The van der Waals surface area contributed by atoms with Crippen LogP contribution in [0.15, 0.2) is 12.1 Å². The van der Waals surface area contributed by atoms with E-state index < -0.39 is 17.0 Å². The molecule has 1 aromatic rings. The Labute approximate surface area is 82.9 Å². The second-order valence-electron chi connectivity index (χ2n) is 4.17. The van der Waals surface area contributed by atoms with Gasteiger partial charge in [0, 0.05) is 18.0 Å². The largest absolute Gasteiger partial charge is 0.330 e. The molecule has 1 rings (SSSR count). The highest BCUT2D eigenvalue weighted by molar-refractivity contribution is 5.31. The summed E-state index contributed by atoms with van der Waals surface area (Å²) in [6.07, 6.45) is 0. The molecule has 0 aliphatic heterocycles. The zero-order chi connectivity index (χ0) is 10.9. The van der Waals surface area contributed by atoms with Crippen molar-refractivity contribution in [2.75, 3.05) is 6.54 Å².